The van der Waals surface area contributed by atoms with Gasteiger partial charge >= 0.3 is 17.9 Å². The lowest BCUT2D eigenvalue weighted by Crippen LogP contribution is -2.35. The molecule has 0 saturated heterocycles. The number of hydrogen-bond acceptors (Lipinski definition) is 6. The van der Waals surface area contributed by atoms with E-state index in [2.05, 4.69) is 59.3 Å². The van der Waals surface area contributed by atoms with Crippen molar-refractivity contribution in [1.82, 2.24) is 0 Å². The van der Waals surface area contributed by atoms with Crippen molar-refractivity contribution >= 4 is 17.9 Å². The second-order valence-corrected chi connectivity index (χ2v) is 16.3. The number of esters is 3. The highest BCUT2D eigenvalue weighted by atomic mass is 16.6. The molecule has 0 aromatic carbocycles. The van der Waals surface area contributed by atoms with Crippen molar-refractivity contribution in [2.75, 3.05) is 40.9 Å². The molecule has 0 fully saturated rings. The van der Waals surface area contributed by atoms with Gasteiger partial charge in [0.2, 0.25) is 0 Å². The standard InChI is InChI=1S/C46H86NO6/c1-6-8-10-12-14-16-18-20-22-24-26-28-30-32-34-37-44(48)51-41-43(42-52-45(49)39-36-40-47(3,4)5)53-46(50)38-35-33-31-29-27-25-23-21-19-17-15-13-11-9-7-2/h20-23,43H,6-19,24-42H2,1-5H3/q+1/b22-20-,23-21-/t43-/m1/s1. The van der Waals surface area contributed by atoms with Crippen molar-refractivity contribution in [2.24, 2.45) is 0 Å². The Morgan fingerprint density at radius 1 is 0.434 bits per heavy atom. The second-order valence-electron chi connectivity index (χ2n) is 16.3. The lowest BCUT2D eigenvalue weighted by atomic mass is 10.1. The number of hydrogen-bond donors (Lipinski definition) is 0. The summed E-state index contributed by atoms with van der Waals surface area (Å²) in [4.78, 5) is 37.5. The van der Waals surface area contributed by atoms with Gasteiger partial charge in [-0.05, 0) is 64.2 Å². The zero-order valence-electron chi connectivity index (χ0n) is 35.6. The number of quaternary nitrogens is 1. The Kier molecular flexibility index (Phi) is 36.6. The molecule has 0 spiro atoms. The van der Waals surface area contributed by atoms with Crippen LogP contribution in [0.2, 0.25) is 0 Å². The highest BCUT2D eigenvalue weighted by Gasteiger charge is 2.20. The van der Waals surface area contributed by atoms with Crippen LogP contribution in [0.25, 0.3) is 0 Å². The predicted octanol–water partition coefficient (Wildman–Crippen LogP) is 12.5. The highest BCUT2D eigenvalue weighted by Crippen LogP contribution is 2.13. The second kappa shape index (κ2) is 38.1. The molecule has 310 valence electrons. The third-order valence-electron chi connectivity index (χ3n) is 9.65. The Hall–Kier alpha value is -2.15. The largest absolute Gasteiger partial charge is 0.462 e. The molecule has 0 aliphatic rings. The predicted molar refractivity (Wildman–Crippen MR) is 223 cm³/mol. The SMILES string of the molecule is CCCCCCCC/C=C\CCCCCCCC(=O)OC[C@H](COC(=O)CCC[N+](C)(C)C)OC(=O)CCCCCCC/C=C\CCCCCCCC. The van der Waals surface area contributed by atoms with Gasteiger partial charge in [-0.1, -0.05) is 141 Å². The van der Waals surface area contributed by atoms with Crippen LogP contribution < -0.4 is 0 Å². The summed E-state index contributed by atoms with van der Waals surface area (Å²) in [6.07, 6.45) is 41.5. The third kappa shape index (κ3) is 40.9. The maximum atomic E-state index is 12.7. The van der Waals surface area contributed by atoms with Crippen LogP contribution >= 0.6 is 0 Å². The van der Waals surface area contributed by atoms with Crippen molar-refractivity contribution in [3.8, 4) is 0 Å². The summed E-state index contributed by atoms with van der Waals surface area (Å²) in [5.41, 5.74) is 0. The summed E-state index contributed by atoms with van der Waals surface area (Å²) in [6.45, 7) is 5.19. The van der Waals surface area contributed by atoms with Gasteiger partial charge in [-0.2, -0.15) is 0 Å². The molecule has 0 heterocycles. The number of unbranched alkanes of at least 4 members (excludes halogenated alkanes) is 22. The number of carbonyl (C=O) groups is 3. The fourth-order valence-corrected chi connectivity index (χ4v) is 6.25. The molecular formula is C46H86NO6+. The van der Waals surface area contributed by atoms with Crippen LogP contribution in [0.1, 0.15) is 206 Å². The van der Waals surface area contributed by atoms with E-state index in [0.29, 0.717) is 25.7 Å². The zero-order valence-corrected chi connectivity index (χ0v) is 35.6. The van der Waals surface area contributed by atoms with Crippen LogP contribution in [0, 0.1) is 0 Å². The Labute approximate surface area is 328 Å². The van der Waals surface area contributed by atoms with E-state index in [-0.39, 0.29) is 31.1 Å². The molecular weight excluding hydrogens is 663 g/mol. The van der Waals surface area contributed by atoms with Gasteiger partial charge in [0.05, 0.1) is 34.1 Å². The molecule has 0 aromatic rings. The summed E-state index contributed by atoms with van der Waals surface area (Å²) in [6, 6.07) is 0. The van der Waals surface area contributed by atoms with Crippen LogP contribution in [0.4, 0.5) is 0 Å². The highest BCUT2D eigenvalue weighted by molar-refractivity contribution is 5.71. The molecule has 0 saturated carbocycles. The molecule has 0 aromatic heterocycles. The molecule has 0 aliphatic heterocycles. The Balaban J connectivity index is 4.27. The minimum absolute atomic E-state index is 0.0891. The van der Waals surface area contributed by atoms with Crippen molar-refractivity contribution in [2.45, 2.75) is 213 Å². The van der Waals surface area contributed by atoms with E-state index in [9.17, 15) is 14.4 Å². The van der Waals surface area contributed by atoms with Crippen molar-refractivity contribution in [1.29, 1.82) is 0 Å². The first-order valence-electron chi connectivity index (χ1n) is 22.3. The minimum atomic E-state index is -0.786. The molecule has 1 atom stereocenters. The monoisotopic (exact) mass is 749 g/mol. The van der Waals surface area contributed by atoms with E-state index in [1.165, 1.54) is 109 Å². The fourth-order valence-electron chi connectivity index (χ4n) is 6.25. The van der Waals surface area contributed by atoms with Crippen LogP contribution in [-0.4, -0.2) is 69.4 Å². The summed E-state index contributed by atoms with van der Waals surface area (Å²) in [5, 5.41) is 0. The van der Waals surface area contributed by atoms with Gasteiger partial charge in [-0.3, -0.25) is 14.4 Å². The quantitative estimate of drug-likeness (QED) is 0.0205. The minimum Gasteiger partial charge on any atom is -0.462 e. The number of rotatable bonds is 39. The maximum absolute atomic E-state index is 12.7. The summed E-state index contributed by atoms with van der Waals surface area (Å²) >= 11 is 0. The van der Waals surface area contributed by atoms with Crippen molar-refractivity contribution in [3.05, 3.63) is 24.3 Å². The molecule has 0 aliphatic carbocycles. The van der Waals surface area contributed by atoms with Crippen molar-refractivity contribution < 1.29 is 33.1 Å². The van der Waals surface area contributed by atoms with Crippen LogP contribution in [0.15, 0.2) is 24.3 Å². The third-order valence-corrected chi connectivity index (χ3v) is 9.65. The normalized spacial score (nSPS) is 12.5. The van der Waals surface area contributed by atoms with Crippen LogP contribution in [0.3, 0.4) is 0 Å². The number of nitrogens with zero attached hydrogens (tertiary/aromatic N) is 1. The average molecular weight is 749 g/mol. The Bertz CT molecular complexity index is 908. The van der Waals surface area contributed by atoms with E-state index in [0.717, 1.165) is 68.8 Å². The van der Waals surface area contributed by atoms with E-state index in [1.807, 2.05) is 0 Å². The maximum Gasteiger partial charge on any atom is 0.306 e. The van der Waals surface area contributed by atoms with Crippen LogP contribution in [-0.2, 0) is 28.6 Å². The smallest absolute Gasteiger partial charge is 0.306 e. The van der Waals surface area contributed by atoms with E-state index in [1.54, 1.807) is 0 Å². The summed E-state index contributed by atoms with van der Waals surface area (Å²) in [7, 11) is 6.26. The Morgan fingerprint density at radius 3 is 1.13 bits per heavy atom. The topological polar surface area (TPSA) is 78.9 Å². The number of allylic oxidation sites excluding steroid dienone is 4. The average Bonchev–Trinajstić information content (AvgIpc) is 3.12. The fraction of sp³-hybridized carbons (Fsp3) is 0.848. The lowest BCUT2D eigenvalue weighted by molar-refractivity contribution is -0.870. The zero-order chi connectivity index (χ0) is 39.1. The Morgan fingerprint density at radius 2 is 0.755 bits per heavy atom. The first kappa shape index (κ1) is 50.9. The van der Waals surface area contributed by atoms with Gasteiger partial charge < -0.3 is 18.7 Å². The van der Waals surface area contributed by atoms with Gasteiger partial charge in [0, 0.05) is 19.3 Å². The molecule has 7 heteroatoms. The summed E-state index contributed by atoms with van der Waals surface area (Å²) in [5.74, 6) is -0.950. The first-order chi connectivity index (χ1) is 25.7. The van der Waals surface area contributed by atoms with E-state index in [4.69, 9.17) is 14.2 Å². The van der Waals surface area contributed by atoms with E-state index >= 15 is 0 Å². The van der Waals surface area contributed by atoms with Gasteiger partial charge in [-0.15, -0.1) is 0 Å². The lowest BCUT2D eigenvalue weighted by Gasteiger charge is -2.23. The molecule has 0 bridgehead atoms. The van der Waals surface area contributed by atoms with Crippen LogP contribution in [0.5, 0.6) is 0 Å². The number of carbonyl (C=O) groups excluding carboxylic acids is 3. The molecule has 0 amide bonds. The van der Waals surface area contributed by atoms with Gasteiger partial charge in [-0.25, -0.2) is 0 Å². The van der Waals surface area contributed by atoms with E-state index < -0.39 is 6.10 Å². The van der Waals surface area contributed by atoms with Gasteiger partial charge in [0.1, 0.15) is 13.2 Å². The molecule has 7 nitrogen and oxygen atoms in total. The molecule has 53 heavy (non-hydrogen) atoms. The first-order valence-corrected chi connectivity index (χ1v) is 22.3. The molecule has 0 N–H and O–H groups in total. The summed E-state index contributed by atoms with van der Waals surface area (Å²) < 4.78 is 17.4. The molecule has 0 rings (SSSR count). The number of ether oxygens (including phenoxy) is 3. The van der Waals surface area contributed by atoms with Gasteiger partial charge in [0.25, 0.3) is 0 Å². The van der Waals surface area contributed by atoms with Crippen molar-refractivity contribution in [3.63, 3.8) is 0 Å². The molecule has 0 unspecified atom stereocenters. The molecule has 0 radical (unpaired) electrons. The van der Waals surface area contributed by atoms with Gasteiger partial charge in [0.15, 0.2) is 6.10 Å².